The predicted octanol–water partition coefficient (Wildman–Crippen LogP) is 3.67. The minimum Gasteiger partial charge on any atom is -0.501 e. The van der Waals surface area contributed by atoms with Crippen LogP contribution in [0.15, 0.2) is 45.6 Å². The summed E-state index contributed by atoms with van der Waals surface area (Å²) in [5.41, 5.74) is 1.44. The van der Waals surface area contributed by atoms with E-state index in [1.165, 1.54) is 13.2 Å². The van der Waals surface area contributed by atoms with Gasteiger partial charge in [-0.3, -0.25) is 4.79 Å². The molecule has 0 unspecified atom stereocenters. The van der Waals surface area contributed by atoms with Gasteiger partial charge in [-0.1, -0.05) is 44.2 Å². The first-order valence-corrected chi connectivity index (χ1v) is 8.02. The summed E-state index contributed by atoms with van der Waals surface area (Å²) in [6.45, 7) is 4.15. The van der Waals surface area contributed by atoms with Crippen LogP contribution in [0.3, 0.4) is 0 Å². The predicted molar refractivity (Wildman–Crippen MR) is 94.5 cm³/mol. The number of aromatic nitrogens is 2. The Kier molecular flexibility index (Phi) is 4.72. The van der Waals surface area contributed by atoms with Gasteiger partial charge < -0.3 is 19.2 Å². The molecule has 0 atom stereocenters. The van der Waals surface area contributed by atoms with Gasteiger partial charge >= 0.3 is 0 Å². The minimum absolute atomic E-state index is 0.0674. The molecule has 2 N–H and O–H groups in total. The molecule has 2 aromatic heterocycles. The largest absolute Gasteiger partial charge is 0.501 e. The number of benzene rings is 1. The van der Waals surface area contributed by atoms with Crippen LogP contribution in [0.25, 0.3) is 22.7 Å². The molecule has 25 heavy (non-hydrogen) atoms. The number of imidazole rings is 1. The van der Waals surface area contributed by atoms with E-state index in [0.717, 1.165) is 11.4 Å². The first-order chi connectivity index (χ1) is 12.0. The zero-order valence-electron chi connectivity index (χ0n) is 14.4. The van der Waals surface area contributed by atoms with Crippen LogP contribution < -0.4 is 5.43 Å². The molecule has 0 aliphatic carbocycles. The molecule has 0 bridgehead atoms. The van der Waals surface area contributed by atoms with Crippen molar-refractivity contribution in [2.24, 2.45) is 0 Å². The normalized spacial score (nSPS) is 11.2. The smallest absolute Gasteiger partial charge is 0.227 e. The molecule has 6 nitrogen and oxygen atoms in total. The summed E-state index contributed by atoms with van der Waals surface area (Å²) in [6, 6.07) is 10.8. The van der Waals surface area contributed by atoms with Crippen LogP contribution in [0.5, 0.6) is 5.75 Å². The summed E-state index contributed by atoms with van der Waals surface area (Å²) >= 11 is 0. The number of methoxy groups -OCH3 is 1. The summed E-state index contributed by atoms with van der Waals surface area (Å²) in [6.07, 6.45) is 0. The van der Waals surface area contributed by atoms with Gasteiger partial charge in [0, 0.05) is 24.7 Å². The summed E-state index contributed by atoms with van der Waals surface area (Å²) < 4.78 is 10.8. The molecule has 0 aliphatic rings. The van der Waals surface area contributed by atoms with E-state index in [1.807, 2.05) is 44.2 Å². The second-order valence-electron chi connectivity index (χ2n) is 6.05. The lowest BCUT2D eigenvalue weighted by Crippen LogP contribution is -2.04. The second-order valence-corrected chi connectivity index (χ2v) is 6.05. The van der Waals surface area contributed by atoms with E-state index in [-0.39, 0.29) is 18.3 Å². The zero-order chi connectivity index (χ0) is 18.0. The molecule has 0 saturated heterocycles. The molecule has 0 aliphatic heterocycles. The number of aromatic hydroxyl groups is 1. The maximum atomic E-state index is 12.1. The maximum Gasteiger partial charge on any atom is 0.227 e. The Bertz CT molecular complexity index is 926. The van der Waals surface area contributed by atoms with E-state index in [4.69, 9.17) is 9.15 Å². The average molecular weight is 340 g/mol. The van der Waals surface area contributed by atoms with Crippen LogP contribution in [0.1, 0.15) is 31.4 Å². The number of H-pyrrole nitrogens is 1. The van der Waals surface area contributed by atoms with Crippen LogP contribution in [0.4, 0.5) is 0 Å². The Morgan fingerprint density at radius 2 is 2.00 bits per heavy atom. The molecule has 3 aromatic rings. The lowest BCUT2D eigenvalue weighted by atomic mass is 10.1. The van der Waals surface area contributed by atoms with Gasteiger partial charge in [-0.05, 0) is 0 Å². The van der Waals surface area contributed by atoms with Gasteiger partial charge in [0.1, 0.15) is 23.9 Å². The van der Waals surface area contributed by atoms with Crippen LogP contribution in [0.2, 0.25) is 0 Å². The third kappa shape index (κ3) is 3.34. The second kappa shape index (κ2) is 6.94. The van der Waals surface area contributed by atoms with E-state index >= 15 is 0 Å². The van der Waals surface area contributed by atoms with E-state index in [9.17, 15) is 9.90 Å². The molecule has 0 fully saturated rings. The Hall–Kier alpha value is -2.86. The van der Waals surface area contributed by atoms with Gasteiger partial charge in [0.05, 0.1) is 5.69 Å². The monoisotopic (exact) mass is 340 g/mol. The fourth-order valence-electron chi connectivity index (χ4n) is 2.55. The van der Waals surface area contributed by atoms with Gasteiger partial charge in [-0.2, -0.15) is 0 Å². The van der Waals surface area contributed by atoms with Crippen molar-refractivity contribution >= 4 is 0 Å². The van der Waals surface area contributed by atoms with Crippen molar-refractivity contribution in [1.82, 2.24) is 9.97 Å². The molecule has 6 heteroatoms. The summed E-state index contributed by atoms with van der Waals surface area (Å²) in [4.78, 5) is 19.9. The molecule has 1 aromatic carbocycles. The van der Waals surface area contributed by atoms with E-state index in [1.54, 1.807) is 0 Å². The summed E-state index contributed by atoms with van der Waals surface area (Å²) in [5.74, 6) is 0.842. The van der Waals surface area contributed by atoms with Gasteiger partial charge in [-0.15, -0.1) is 0 Å². The Morgan fingerprint density at radius 3 is 2.64 bits per heavy atom. The van der Waals surface area contributed by atoms with E-state index < -0.39 is 11.2 Å². The molecular weight excluding hydrogens is 320 g/mol. The number of hydrogen-bond donors (Lipinski definition) is 2. The first kappa shape index (κ1) is 17.0. The van der Waals surface area contributed by atoms with Crippen molar-refractivity contribution < 1.29 is 14.3 Å². The standard InChI is InChI=1S/C19H20N2O4/c1-11(2)19-20-15(12-7-5-4-6-8-12)16(21-19)18-17(23)14(22)9-13(25-18)10-24-3/h4-9,11,23H,10H2,1-3H3,(H,20,21). The van der Waals surface area contributed by atoms with Gasteiger partial charge in [0.2, 0.25) is 11.2 Å². The quantitative estimate of drug-likeness (QED) is 0.740. The Labute approximate surface area is 145 Å². The third-order valence-corrected chi connectivity index (χ3v) is 3.80. The lowest BCUT2D eigenvalue weighted by molar-refractivity contribution is 0.162. The molecule has 3 rings (SSSR count). The molecular formula is C19H20N2O4. The molecule has 0 spiro atoms. The SMILES string of the molecule is COCc1cc(=O)c(O)c(-c2[nH]c(C(C)C)nc2-c2ccccc2)o1. The topological polar surface area (TPSA) is 88.4 Å². The average Bonchev–Trinajstić information content (AvgIpc) is 3.04. The summed E-state index contributed by atoms with van der Waals surface area (Å²) in [5, 5.41) is 10.3. The number of ether oxygens (including phenoxy) is 1. The van der Waals surface area contributed by atoms with E-state index in [2.05, 4.69) is 9.97 Å². The van der Waals surface area contributed by atoms with Crippen molar-refractivity contribution in [3.8, 4) is 28.5 Å². The number of nitrogens with zero attached hydrogens (tertiary/aromatic N) is 1. The molecule has 0 saturated carbocycles. The fourth-order valence-corrected chi connectivity index (χ4v) is 2.55. The highest BCUT2D eigenvalue weighted by atomic mass is 16.5. The van der Waals surface area contributed by atoms with Crippen molar-refractivity contribution in [2.45, 2.75) is 26.4 Å². The number of nitrogens with one attached hydrogen (secondary N) is 1. The fraction of sp³-hybridized carbons (Fsp3) is 0.263. The van der Waals surface area contributed by atoms with Crippen LogP contribution >= 0.6 is 0 Å². The molecule has 2 heterocycles. The molecule has 0 amide bonds. The van der Waals surface area contributed by atoms with Crippen molar-refractivity contribution in [2.75, 3.05) is 7.11 Å². The van der Waals surface area contributed by atoms with Crippen molar-refractivity contribution in [3.05, 3.63) is 58.2 Å². The summed E-state index contributed by atoms with van der Waals surface area (Å²) in [7, 11) is 1.51. The third-order valence-electron chi connectivity index (χ3n) is 3.80. The van der Waals surface area contributed by atoms with E-state index in [0.29, 0.717) is 17.1 Å². The number of rotatable bonds is 5. The molecule has 130 valence electrons. The Balaban J connectivity index is 2.25. The molecule has 0 radical (unpaired) electrons. The number of hydrogen-bond acceptors (Lipinski definition) is 5. The van der Waals surface area contributed by atoms with Crippen molar-refractivity contribution in [1.29, 1.82) is 0 Å². The Morgan fingerprint density at radius 1 is 1.28 bits per heavy atom. The van der Waals surface area contributed by atoms with Gasteiger partial charge in [0.25, 0.3) is 0 Å². The van der Waals surface area contributed by atoms with Gasteiger partial charge in [0.15, 0.2) is 5.76 Å². The van der Waals surface area contributed by atoms with Crippen LogP contribution in [-0.2, 0) is 11.3 Å². The minimum atomic E-state index is -0.520. The van der Waals surface area contributed by atoms with Gasteiger partial charge in [-0.25, -0.2) is 4.98 Å². The maximum absolute atomic E-state index is 12.1. The lowest BCUT2D eigenvalue weighted by Gasteiger charge is -2.07. The highest BCUT2D eigenvalue weighted by Gasteiger charge is 2.22. The zero-order valence-corrected chi connectivity index (χ0v) is 14.4. The first-order valence-electron chi connectivity index (χ1n) is 8.02. The highest BCUT2D eigenvalue weighted by molar-refractivity contribution is 5.78. The highest BCUT2D eigenvalue weighted by Crippen LogP contribution is 2.35. The number of aromatic amines is 1. The van der Waals surface area contributed by atoms with Crippen LogP contribution in [0, 0.1) is 0 Å². The van der Waals surface area contributed by atoms with Crippen molar-refractivity contribution in [3.63, 3.8) is 0 Å². The van der Waals surface area contributed by atoms with Crippen LogP contribution in [-0.4, -0.2) is 22.2 Å².